The van der Waals surface area contributed by atoms with E-state index in [1.54, 1.807) is 29.2 Å². The molecule has 0 saturated carbocycles. The van der Waals surface area contributed by atoms with E-state index in [-0.39, 0.29) is 33.8 Å². The van der Waals surface area contributed by atoms with Crippen LogP contribution in [0.25, 0.3) is 0 Å². The molecule has 0 bridgehead atoms. The van der Waals surface area contributed by atoms with Crippen molar-refractivity contribution in [2.24, 2.45) is 5.92 Å². The monoisotopic (exact) mass is 497 g/mol. The second-order valence-electron chi connectivity index (χ2n) is 8.08. The maximum absolute atomic E-state index is 12.9. The molecule has 8 nitrogen and oxygen atoms in total. The molecule has 2 aromatic carbocycles. The van der Waals surface area contributed by atoms with Gasteiger partial charge in [0.25, 0.3) is 11.8 Å². The highest BCUT2D eigenvalue weighted by Crippen LogP contribution is 2.23. The van der Waals surface area contributed by atoms with Crippen LogP contribution in [0.15, 0.2) is 54.6 Å². The third-order valence-electron chi connectivity index (χ3n) is 5.70. The number of carbonyl (C=O) groups excluding carboxylic acids is 3. The highest BCUT2D eigenvalue weighted by Gasteiger charge is 2.30. The summed E-state index contributed by atoms with van der Waals surface area (Å²) >= 11 is 6.88. The van der Waals surface area contributed by atoms with Gasteiger partial charge in [0.15, 0.2) is 0 Å². The summed E-state index contributed by atoms with van der Waals surface area (Å²) in [6.45, 7) is 2.85. The van der Waals surface area contributed by atoms with Crippen molar-refractivity contribution in [3.63, 3.8) is 0 Å². The minimum atomic E-state index is -0.457. The lowest BCUT2D eigenvalue weighted by Gasteiger charge is -2.31. The molecule has 10 heteroatoms. The van der Waals surface area contributed by atoms with E-state index in [0.717, 1.165) is 16.9 Å². The smallest absolute Gasteiger partial charge is 0.286 e. The van der Waals surface area contributed by atoms with Gasteiger partial charge in [0.2, 0.25) is 15.9 Å². The van der Waals surface area contributed by atoms with Crippen molar-refractivity contribution in [1.29, 1.82) is 0 Å². The Kier molecular flexibility index (Phi) is 7.54. The number of rotatable bonds is 6. The fraction of sp³-hybridized carbons (Fsp3) is 0.292. The number of likely N-dealkylation sites (tertiary alicyclic amines) is 1. The number of carbonyl (C=O) groups is 3. The second-order valence-corrected chi connectivity index (χ2v) is 9.50. The van der Waals surface area contributed by atoms with Crippen molar-refractivity contribution >= 4 is 46.3 Å². The van der Waals surface area contributed by atoms with Crippen LogP contribution in [0.2, 0.25) is 5.02 Å². The van der Waals surface area contributed by atoms with Crippen molar-refractivity contribution in [1.82, 2.24) is 20.4 Å². The Balaban J connectivity index is 1.29. The molecule has 1 fully saturated rings. The van der Waals surface area contributed by atoms with E-state index in [2.05, 4.69) is 20.8 Å². The number of nitrogens with zero attached hydrogens (tertiary/aromatic N) is 3. The standard InChI is InChI=1S/C24H24ClN5O3S/c1-15(16-6-3-2-4-7-16)26-20(31)17-10-12-30(13-11-17)24(33)23-29-28-22(34-23)21(32)27-19-9-5-8-18(25)14-19/h2-9,14-15,17H,10-13H2,1H3,(H,26,31)(H,27,32)/t15-/m0/s1. The SMILES string of the molecule is C[C@H](NC(=O)C1CCN(C(=O)c2nnc(C(=O)Nc3cccc(Cl)c3)s2)CC1)c1ccccc1. The Labute approximate surface area is 206 Å². The highest BCUT2D eigenvalue weighted by atomic mass is 35.5. The molecular formula is C24H24ClN5O3S. The van der Waals surface area contributed by atoms with Crippen LogP contribution in [0.1, 0.15) is 51.0 Å². The van der Waals surface area contributed by atoms with Gasteiger partial charge in [0.05, 0.1) is 6.04 Å². The lowest BCUT2D eigenvalue weighted by atomic mass is 9.95. The van der Waals surface area contributed by atoms with Gasteiger partial charge in [0, 0.05) is 29.7 Å². The van der Waals surface area contributed by atoms with Crippen LogP contribution >= 0.6 is 22.9 Å². The zero-order valence-corrected chi connectivity index (χ0v) is 20.1. The Morgan fingerprint density at radius 3 is 2.44 bits per heavy atom. The number of amides is 3. The lowest BCUT2D eigenvalue weighted by Crippen LogP contribution is -2.43. The van der Waals surface area contributed by atoms with Gasteiger partial charge in [0.1, 0.15) is 0 Å². The van der Waals surface area contributed by atoms with Crippen molar-refractivity contribution < 1.29 is 14.4 Å². The van der Waals surface area contributed by atoms with E-state index in [9.17, 15) is 14.4 Å². The third kappa shape index (κ3) is 5.78. The first-order chi connectivity index (χ1) is 16.4. The van der Waals surface area contributed by atoms with Gasteiger partial charge in [-0.25, -0.2) is 0 Å². The summed E-state index contributed by atoms with van der Waals surface area (Å²) in [7, 11) is 0. The lowest BCUT2D eigenvalue weighted by molar-refractivity contribution is -0.127. The molecule has 1 atom stereocenters. The van der Waals surface area contributed by atoms with Crippen LogP contribution in [-0.2, 0) is 4.79 Å². The summed E-state index contributed by atoms with van der Waals surface area (Å²) in [4.78, 5) is 39.6. The normalized spacial score (nSPS) is 14.9. The van der Waals surface area contributed by atoms with Crippen LogP contribution in [0.3, 0.4) is 0 Å². The molecular weight excluding hydrogens is 474 g/mol. The predicted octanol–water partition coefficient (Wildman–Crippen LogP) is 4.17. The Morgan fingerprint density at radius 1 is 1.03 bits per heavy atom. The van der Waals surface area contributed by atoms with Crippen molar-refractivity contribution in [2.45, 2.75) is 25.8 Å². The largest absolute Gasteiger partial charge is 0.349 e. The Hall–Kier alpha value is -3.30. The van der Waals surface area contributed by atoms with E-state index in [4.69, 9.17) is 11.6 Å². The average molecular weight is 498 g/mol. The molecule has 0 unspecified atom stereocenters. The molecule has 1 aliphatic rings. The summed E-state index contributed by atoms with van der Waals surface area (Å²) < 4.78 is 0. The van der Waals surface area contributed by atoms with E-state index < -0.39 is 5.91 Å². The highest BCUT2D eigenvalue weighted by molar-refractivity contribution is 7.15. The number of aromatic nitrogens is 2. The third-order valence-corrected chi connectivity index (χ3v) is 6.84. The molecule has 1 aliphatic heterocycles. The maximum Gasteiger partial charge on any atom is 0.286 e. The minimum absolute atomic E-state index is 0.000611. The first kappa shape index (κ1) is 23.8. The molecule has 0 radical (unpaired) electrons. The summed E-state index contributed by atoms with van der Waals surface area (Å²) in [6, 6.07) is 16.5. The number of hydrogen-bond acceptors (Lipinski definition) is 6. The second kappa shape index (κ2) is 10.8. The van der Waals surface area contributed by atoms with E-state index in [1.807, 2.05) is 37.3 Å². The van der Waals surface area contributed by atoms with Crippen molar-refractivity contribution in [3.05, 3.63) is 75.2 Å². The molecule has 3 aromatic rings. The van der Waals surface area contributed by atoms with Crippen LogP contribution in [-0.4, -0.2) is 45.9 Å². The first-order valence-corrected chi connectivity index (χ1v) is 12.1. The van der Waals surface area contributed by atoms with E-state index in [0.29, 0.717) is 36.6 Å². The Morgan fingerprint density at radius 2 is 1.74 bits per heavy atom. The molecule has 0 spiro atoms. The van der Waals surface area contributed by atoms with Crippen LogP contribution in [0.5, 0.6) is 0 Å². The van der Waals surface area contributed by atoms with Gasteiger partial charge in [-0.05, 0) is 43.5 Å². The number of hydrogen-bond donors (Lipinski definition) is 2. The molecule has 176 valence electrons. The Bertz CT molecular complexity index is 1180. The molecule has 0 aliphatic carbocycles. The first-order valence-electron chi connectivity index (χ1n) is 11.0. The number of halogens is 1. The molecule has 34 heavy (non-hydrogen) atoms. The molecule has 4 rings (SSSR count). The number of benzene rings is 2. The summed E-state index contributed by atoms with van der Waals surface area (Å²) in [5.41, 5.74) is 1.58. The number of nitrogens with one attached hydrogen (secondary N) is 2. The van der Waals surface area contributed by atoms with Crippen LogP contribution < -0.4 is 10.6 Å². The van der Waals surface area contributed by atoms with Gasteiger partial charge in [-0.15, -0.1) is 10.2 Å². The van der Waals surface area contributed by atoms with Gasteiger partial charge in [-0.3, -0.25) is 14.4 Å². The fourth-order valence-electron chi connectivity index (χ4n) is 3.79. The van der Waals surface area contributed by atoms with Crippen LogP contribution in [0, 0.1) is 5.92 Å². The molecule has 1 aromatic heterocycles. The van der Waals surface area contributed by atoms with Gasteiger partial charge in [-0.1, -0.05) is 59.3 Å². The van der Waals surface area contributed by atoms with Gasteiger partial charge >= 0.3 is 0 Å². The summed E-state index contributed by atoms with van der Waals surface area (Å²) in [5, 5.41) is 14.3. The molecule has 2 heterocycles. The van der Waals surface area contributed by atoms with Crippen LogP contribution in [0.4, 0.5) is 5.69 Å². The molecule has 1 saturated heterocycles. The fourth-order valence-corrected chi connectivity index (χ4v) is 4.69. The van der Waals surface area contributed by atoms with Gasteiger partial charge in [-0.2, -0.15) is 0 Å². The average Bonchev–Trinajstić information content (AvgIpc) is 3.35. The minimum Gasteiger partial charge on any atom is -0.349 e. The van der Waals surface area contributed by atoms with E-state index in [1.165, 1.54) is 0 Å². The van der Waals surface area contributed by atoms with E-state index >= 15 is 0 Å². The van der Waals surface area contributed by atoms with Gasteiger partial charge < -0.3 is 15.5 Å². The molecule has 3 amide bonds. The number of piperidine rings is 1. The zero-order chi connectivity index (χ0) is 24.1. The summed E-state index contributed by atoms with van der Waals surface area (Å²) in [6.07, 6.45) is 1.14. The van der Waals surface area contributed by atoms with Crippen molar-refractivity contribution in [3.8, 4) is 0 Å². The predicted molar refractivity (Wildman–Crippen MR) is 131 cm³/mol. The summed E-state index contributed by atoms with van der Waals surface area (Å²) in [5.74, 6) is -0.888. The van der Waals surface area contributed by atoms with Crippen molar-refractivity contribution in [2.75, 3.05) is 18.4 Å². The number of anilines is 1. The quantitative estimate of drug-likeness (QED) is 0.531. The topological polar surface area (TPSA) is 104 Å². The zero-order valence-electron chi connectivity index (χ0n) is 18.5. The molecule has 2 N–H and O–H groups in total. The maximum atomic E-state index is 12.9.